The molecule has 36 heavy (non-hydrogen) atoms. The maximum Gasteiger partial charge on any atom is 0.323 e. The van der Waals surface area contributed by atoms with Crippen molar-refractivity contribution in [3.8, 4) is 17.6 Å². The van der Waals surface area contributed by atoms with Crippen LogP contribution in [0.4, 0.5) is 0 Å². The molecule has 2 unspecified atom stereocenters. The lowest BCUT2D eigenvalue weighted by Crippen LogP contribution is -2.55. The van der Waals surface area contributed by atoms with Gasteiger partial charge in [0.15, 0.2) is 9.84 Å². The number of sulfone groups is 1. The zero-order chi connectivity index (χ0) is 26.8. The van der Waals surface area contributed by atoms with Crippen LogP contribution in [0.1, 0.15) is 33.6 Å². The third kappa shape index (κ3) is 8.38. The van der Waals surface area contributed by atoms with Crippen LogP contribution in [0.3, 0.4) is 0 Å². The Balaban J connectivity index is 2.00. The Hall–Kier alpha value is -2.30. The summed E-state index contributed by atoms with van der Waals surface area (Å²) < 4.78 is 35.3. The Labute approximate surface area is 217 Å². The maximum absolute atomic E-state index is 12.9. The summed E-state index contributed by atoms with van der Waals surface area (Å²) in [7, 11) is -2.40. The number of rotatable bonds is 13. The Morgan fingerprint density at radius 2 is 2.00 bits per heavy atom. The van der Waals surface area contributed by atoms with Crippen molar-refractivity contribution in [3.05, 3.63) is 24.3 Å². The van der Waals surface area contributed by atoms with Crippen molar-refractivity contribution < 1.29 is 32.7 Å². The van der Waals surface area contributed by atoms with Gasteiger partial charge in [0.2, 0.25) is 0 Å². The van der Waals surface area contributed by atoms with Crippen molar-refractivity contribution in [2.75, 3.05) is 38.4 Å². The lowest BCUT2D eigenvalue weighted by Gasteiger charge is -2.33. The second-order valence-corrected chi connectivity index (χ2v) is 12.5. The van der Waals surface area contributed by atoms with Crippen molar-refractivity contribution in [3.63, 3.8) is 0 Å². The van der Waals surface area contributed by atoms with Gasteiger partial charge in [-0.25, -0.2) is 13.9 Å². The molecule has 10 nitrogen and oxygen atoms in total. The van der Waals surface area contributed by atoms with Crippen LogP contribution < -0.4 is 15.5 Å². The quantitative estimate of drug-likeness (QED) is 0.146. The number of hydrogen-bond donors (Lipinski definition) is 3. The smallest absolute Gasteiger partial charge is 0.323 e. The van der Waals surface area contributed by atoms with Crippen molar-refractivity contribution in [2.24, 2.45) is 0 Å². The predicted octanol–water partition coefficient (Wildman–Crippen LogP) is 1.43. The highest BCUT2D eigenvalue weighted by atomic mass is 32.2. The molecular weight excluding hydrogens is 506 g/mol. The van der Waals surface area contributed by atoms with Crippen LogP contribution in [0.15, 0.2) is 29.2 Å². The molecule has 1 aliphatic rings. The lowest BCUT2D eigenvalue weighted by atomic mass is 10.0. The fourth-order valence-corrected chi connectivity index (χ4v) is 6.25. The minimum Gasteiger partial charge on any atom is -0.481 e. The summed E-state index contributed by atoms with van der Waals surface area (Å²) in [5.74, 6) is 5.05. The van der Waals surface area contributed by atoms with Crippen LogP contribution in [0.2, 0.25) is 0 Å². The third-order valence-electron chi connectivity index (χ3n) is 5.91. The summed E-state index contributed by atoms with van der Waals surface area (Å²) in [6.45, 7) is 6.89. The number of methoxy groups -OCH3 is 1. The Bertz CT molecular complexity index is 1050. The van der Waals surface area contributed by atoms with Crippen LogP contribution in [-0.4, -0.2) is 85.7 Å². The van der Waals surface area contributed by atoms with Crippen molar-refractivity contribution in [2.45, 2.75) is 55.3 Å². The molecule has 0 aliphatic carbocycles. The fraction of sp³-hybridized carbons (Fsp3) is 0.583. The zero-order valence-corrected chi connectivity index (χ0v) is 22.7. The average Bonchev–Trinajstić information content (AvgIpc) is 3.32. The zero-order valence-electron chi connectivity index (χ0n) is 21.1. The first-order valence-corrected chi connectivity index (χ1v) is 14.2. The van der Waals surface area contributed by atoms with Gasteiger partial charge in [0, 0.05) is 17.0 Å². The molecule has 200 valence electrons. The molecule has 0 radical (unpaired) electrons. The van der Waals surface area contributed by atoms with E-state index in [-0.39, 0.29) is 23.5 Å². The molecule has 1 heterocycles. The van der Waals surface area contributed by atoms with Crippen LogP contribution in [-0.2, 0) is 24.2 Å². The average molecular weight is 542 g/mol. The number of benzene rings is 1. The molecule has 0 aromatic heterocycles. The number of carbonyl (C=O) groups excluding carboxylic acids is 2. The van der Waals surface area contributed by atoms with E-state index in [1.54, 1.807) is 38.4 Å². The second kappa shape index (κ2) is 13.9. The molecule has 3 N–H and O–H groups in total. The summed E-state index contributed by atoms with van der Waals surface area (Å²) >= 11 is 1.45. The van der Waals surface area contributed by atoms with Crippen LogP contribution in [0.25, 0.3) is 0 Å². The number of ether oxygens (including phenoxy) is 2. The minimum atomic E-state index is -3.78. The van der Waals surface area contributed by atoms with Gasteiger partial charge in [0.05, 0.1) is 12.0 Å². The topological polar surface area (TPSA) is 134 Å². The van der Waals surface area contributed by atoms with E-state index in [9.17, 15) is 23.2 Å². The van der Waals surface area contributed by atoms with Crippen molar-refractivity contribution >= 4 is 33.5 Å². The van der Waals surface area contributed by atoms with Crippen LogP contribution in [0.5, 0.6) is 5.75 Å². The van der Waals surface area contributed by atoms with E-state index in [0.29, 0.717) is 18.0 Å². The maximum atomic E-state index is 12.9. The van der Waals surface area contributed by atoms with Gasteiger partial charge in [-0.15, -0.1) is 5.92 Å². The van der Waals surface area contributed by atoms with E-state index in [2.05, 4.69) is 22.1 Å². The molecule has 2 rings (SSSR count). The van der Waals surface area contributed by atoms with E-state index in [4.69, 9.17) is 9.47 Å². The van der Waals surface area contributed by atoms with Gasteiger partial charge in [0.1, 0.15) is 30.3 Å². The molecular formula is C24H35N3O7S2. The van der Waals surface area contributed by atoms with Crippen LogP contribution in [0, 0.1) is 11.8 Å². The first-order valence-electron chi connectivity index (χ1n) is 11.5. The molecule has 1 amide bonds. The summed E-state index contributed by atoms with van der Waals surface area (Å²) in [5, 5.41) is 12.1. The molecule has 1 aliphatic heterocycles. The predicted molar refractivity (Wildman–Crippen MR) is 137 cm³/mol. The number of likely N-dealkylation sites (tertiary alicyclic amines) is 1. The summed E-state index contributed by atoms with van der Waals surface area (Å²) in [4.78, 5) is 26.5. The second-order valence-electron chi connectivity index (χ2n) is 8.73. The number of thioether (sulfide) groups is 1. The first-order chi connectivity index (χ1) is 17.1. The molecule has 2 atom stereocenters. The number of amides is 1. The minimum absolute atomic E-state index is 0.0698. The number of nitrogens with zero attached hydrogens (tertiary/aromatic N) is 1. The molecule has 1 fully saturated rings. The van der Waals surface area contributed by atoms with E-state index in [1.807, 2.05) is 0 Å². The summed E-state index contributed by atoms with van der Waals surface area (Å²) in [6, 6.07) is 4.67. The van der Waals surface area contributed by atoms with Gasteiger partial charge in [0.25, 0.3) is 5.91 Å². The highest BCUT2D eigenvalue weighted by Crippen LogP contribution is 2.30. The molecule has 0 saturated carbocycles. The number of nitrogens with one attached hydrogen (secondary N) is 2. The highest BCUT2D eigenvalue weighted by Gasteiger charge is 2.37. The van der Waals surface area contributed by atoms with Gasteiger partial charge in [-0.05, 0) is 64.4 Å². The van der Waals surface area contributed by atoms with E-state index >= 15 is 0 Å². The lowest BCUT2D eigenvalue weighted by molar-refractivity contribution is -0.145. The van der Waals surface area contributed by atoms with Gasteiger partial charge >= 0.3 is 5.97 Å². The number of esters is 1. The van der Waals surface area contributed by atoms with Crippen LogP contribution >= 0.6 is 11.8 Å². The number of hydrogen-bond acceptors (Lipinski definition) is 10. The highest BCUT2D eigenvalue weighted by molar-refractivity contribution is 8.00. The van der Waals surface area contributed by atoms with E-state index < -0.39 is 32.4 Å². The fourth-order valence-electron chi connectivity index (χ4n) is 3.94. The van der Waals surface area contributed by atoms with Gasteiger partial charge in [-0.2, -0.15) is 11.8 Å². The molecule has 1 saturated heterocycles. The molecule has 12 heteroatoms. The Kier molecular flexibility index (Phi) is 11.5. The first kappa shape index (κ1) is 29.9. The van der Waals surface area contributed by atoms with Gasteiger partial charge in [-0.1, -0.05) is 5.92 Å². The largest absolute Gasteiger partial charge is 0.481 e. The van der Waals surface area contributed by atoms with Crippen molar-refractivity contribution in [1.82, 2.24) is 15.7 Å². The molecule has 0 bridgehead atoms. The number of hydroxylamine groups is 1. The SMILES string of the molecule is CC#CCOc1ccc(S(=O)(=O)CNC(C(=O)NO)C(C)(C)SCCN2CCCC2C(=O)OC)cc1. The summed E-state index contributed by atoms with van der Waals surface area (Å²) in [5.41, 5.74) is 1.63. The molecule has 1 aromatic carbocycles. The Morgan fingerprint density at radius 3 is 2.61 bits per heavy atom. The number of carbonyl (C=O) groups is 2. The standard InChI is InChI=1S/C24H35N3O7S2/c1-5-6-15-34-18-9-11-19(12-10-18)36(31,32)17-25-21(22(28)26-30)24(2,3)35-16-14-27-13-7-8-20(27)23(29)33-4/h9-12,20-21,25,30H,7-8,13-17H2,1-4H3,(H,26,28). The molecule has 0 spiro atoms. The normalized spacial score (nSPS) is 17.1. The monoisotopic (exact) mass is 541 g/mol. The van der Waals surface area contributed by atoms with Crippen molar-refractivity contribution in [1.29, 1.82) is 0 Å². The van der Waals surface area contributed by atoms with E-state index in [1.165, 1.54) is 31.0 Å². The van der Waals surface area contributed by atoms with Gasteiger partial charge in [-0.3, -0.25) is 25.0 Å². The third-order valence-corrected chi connectivity index (χ3v) is 8.81. The Morgan fingerprint density at radius 1 is 1.31 bits per heavy atom. The summed E-state index contributed by atoms with van der Waals surface area (Å²) in [6.07, 6.45) is 1.65. The van der Waals surface area contributed by atoms with Gasteiger partial charge < -0.3 is 9.47 Å². The molecule has 1 aromatic rings. The van der Waals surface area contributed by atoms with E-state index in [0.717, 1.165) is 19.4 Å².